The summed E-state index contributed by atoms with van der Waals surface area (Å²) in [6.45, 7) is 0. The molecule has 38 heavy (non-hydrogen) atoms. The Morgan fingerprint density at radius 3 is 2.08 bits per heavy atom. The van der Waals surface area contributed by atoms with E-state index in [-0.39, 0.29) is 11.3 Å². The Bertz CT molecular complexity index is 1630. The summed E-state index contributed by atoms with van der Waals surface area (Å²) in [6.07, 6.45) is 1.63. The summed E-state index contributed by atoms with van der Waals surface area (Å²) in [7, 11) is 0. The van der Waals surface area contributed by atoms with Crippen LogP contribution < -0.4 is 5.43 Å². The van der Waals surface area contributed by atoms with Gasteiger partial charge < -0.3 is 9.67 Å². The highest BCUT2D eigenvalue weighted by atomic mass is 79.9. The second kappa shape index (κ2) is 11.5. The first-order valence-electron chi connectivity index (χ1n) is 11.6. The third-order valence-electron chi connectivity index (χ3n) is 5.87. The average molecular weight is 694 g/mol. The van der Waals surface area contributed by atoms with E-state index in [1.165, 1.54) is 6.07 Å². The highest BCUT2D eigenvalue weighted by Gasteiger charge is 2.19. The quantitative estimate of drug-likeness (QED) is 0.138. The summed E-state index contributed by atoms with van der Waals surface area (Å²) in [6, 6.07) is 33.6. The molecule has 1 aromatic heterocycles. The Hall–Kier alpha value is -3.46. The summed E-state index contributed by atoms with van der Waals surface area (Å²) in [5.41, 5.74) is 8.40. The molecular weight excluding hydrogens is 674 g/mol. The van der Waals surface area contributed by atoms with Crippen molar-refractivity contribution in [3.63, 3.8) is 0 Å². The maximum atomic E-state index is 12.8. The lowest BCUT2D eigenvalue weighted by atomic mass is 10.1. The SMILES string of the molecule is O=C(N/N=C\c1cc(-c2ccccc2)n(-c2ccc(Br)cc2)c1-c1ccccc1)c1cc(Br)cc(Br)c1O. The Labute approximate surface area is 245 Å². The van der Waals surface area contributed by atoms with Crippen molar-refractivity contribution in [3.8, 4) is 34.0 Å². The minimum Gasteiger partial charge on any atom is -0.506 e. The molecule has 0 spiro atoms. The van der Waals surface area contributed by atoms with E-state index in [0.717, 1.165) is 38.2 Å². The molecule has 8 heteroatoms. The van der Waals surface area contributed by atoms with Gasteiger partial charge in [0.25, 0.3) is 5.91 Å². The van der Waals surface area contributed by atoms with Crippen LogP contribution in [0.1, 0.15) is 15.9 Å². The zero-order valence-electron chi connectivity index (χ0n) is 19.8. The normalized spacial score (nSPS) is 11.1. The maximum absolute atomic E-state index is 12.8. The summed E-state index contributed by atoms with van der Waals surface area (Å²) in [4.78, 5) is 12.8. The van der Waals surface area contributed by atoms with Crippen LogP contribution in [0.3, 0.4) is 0 Å². The first kappa shape index (κ1) is 26.2. The van der Waals surface area contributed by atoms with Crippen LogP contribution >= 0.6 is 47.8 Å². The predicted molar refractivity (Wildman–Crippen MR) is 163 cm³/mol. The number of hydrogen-bond acceptors (Lipinski definition) is 3. The van der Waals surface area contributed by atoms with E-state index in [1.54, 1.807) is 12.3 Å². The van der Waals surface area contributed by atoms with Gasteiger partial charge in [0.2, 0.25) is 0 Å². The molecule has 188 valence electrons. The fourth-order valence-corrected chi connectivity index (χ4v) is 5.65. The van der Waals surface area contributed by atoms with Crippen LogP contribution in [0, 0.1) is 0 Å². The number of hydrazone groups is 1. The van der Waals surface area contributed by atoms with Crippen molar-refractivity contribution in [3.05, 3.63) is 128 Å². The monoisotopic (exact) mass is 691 g/mol. The number of rotatable bonds is 6. The minimum absolute atomic E-state index is 0.101. The third kappa shape index (κ3) is 5.53. The van der Waals surface area contributed by atoms with Crippen molar-refractivity contribution in [2.75, 3.05) is 0 Å². The first-order valence-corrected chi connectivity index (χ1v) is 13.9. The number of phenols is 1. The zero-order valence-corrected chi connectivity index (χ0v) is 24.5. The van der Waals surface area contributed by atoms with Crippen LogP contribution in [0.4, 0.5) is 0 Å². The lowest BCUT2D eigenvalue weighted by Gasteiger charge is -2.15. The van der Waals surface area contributed by atoms with Gasteiger partial charge in [-0.05, 0) is 69.5 Å². The van der Waals surface area contributed by atoms with E-state index in [4.69, 9.17) is 0 Å². The molecule has 0 saturated carbocycles. The van der Waals surface area contributed by atoms with Gasteiger partial charge in [-0.15, -0.1) is 0 Å². The van der Waals surface area contributed by atoms with Gasteiger partial charge >= 0.3 is 0 Å². The van der Waals surface area contributed by atoms with Crippen molar-refractivity contribution < 1.29 is 9.90 Å². The summed E-state index contributed by atoms with van der Waals surface area (Å²) in [5, 5.41) is 14.6. The van der Waals surface area contributed by atoms with Crippen LogP contribution in [0.5, 0.6) is 5.75 Å². The van der Waals surface area contributed by atoms with Crippen molar-refractivity contribution in [2.45, 2.75) is 0 Å². The van der Waals surface area contributed by atoms with Gasteiger partial charge in [0.05, 0.1) is 27.6 Å². The smallest absolute Gasteiger partial charge is 0.275 e. The molecular formula is C30H20Br3N3O2. The molecule has 0 atom stereocenters. The number of carbonyl (C=O) groups excluding carboxylic acids is 1. The highest BCUT2D eigenvalue weighted by Crippen LogP contribution is 2.36. The van der Waals surface area contributed by atoms with Crippen molar-refractivity contribution in [1.29, 1.82) is 0 Å². The zero-order chi connectivity index (χ0) is 26.6. The van der Waals surface area contributed by atoms with Gasteiger partial charge in [-0.1, -0.05) is 92.5 Å². The molecule has 0 saturated heterocycles. The predicted octanol–water partition coefficient (Wildman–Crippen LogP) is 8.57. The van der Waals surface area contributed by atoms with Crippen LogP contribution in [0.2, 0.25) is 0 Å². The molecule has 5 aromatic rings. The molecule has 0 radical (unpaired) electrons. The molecule has 1 heterocycles. The molecule has 5 nitrogen and oxygen atoms in total. The summed E-state index contributed by atoms with van der Waals surface area (Å²) < 4.78 is 4.24. The van der Waals surface area contributed by atoms with Gasteiger partial charge in [0.1, 0.15) is 5.75 Å². The second-order valence-corrected chi connectivity index (χ2v) is 11.0. The van der Waals surface area contributed by atoms with Crippen LogP contribution in [-0.2, 0) is 0 Å². The number of phenolic OH excluding ortho intramolecular Hbond substituents is 1. The van der Waals surface area contributed by atoms with E-state index in [9.17, 15) is 9.90 Å². The summed E-state index contributed by atoms with van der Waals surface area (Å²) >= 11 is 10.1. The number of aromatic hydroxyl groups is 1. The largest absolute Gasteiger partial charge is 0.506 e. The van der Waals surface area contributed by atoms with Crippen LogP contribution in [0.25, 0.3) is 28.2 Å². The topological polar surface area (TPSA) is 66.6 Å². The number of hydrogen-bond donors (Lipinski definition) is 2. The van der Waals surface area contributed by atoms with E-state index < -0.39 is 5.91 Å². The van der Waals surface area contributed by atoms with Gasteiger partial charge in [-0.3, -0.25) is 4.79 Å². The summed E-state index contributed by atoms with van der Waals surface area (Å²) in [5.74, 6) is -0.684. The van der Waals surface area contributed by atoms with Gasteiger partial charge in [0, 0.05) is 20.2 Å². The highest BCUT2D eigenvalue weighted by molar-refractivity contribution is 9.11. The average Bonchev–Trinajstić information content (AvgIpc) is 3.31. The van der Waals surface area contributed by atoms with E-state index in [0.29, 0.717) is 8.95 Å². The third-order valence-corrected chi connectivity index (χ3v) is 7.47. The van der Waals surface area contributed by atoms with Gasteiger partial charge in [-0.25, -0.2) is 5.43 Å². The Kier molecular flexibility index (Phi) is 7.93. The lowest BCUT2D eigenvalue weighted by Crippen LogP contribution is -2.18. The van der Waals surface area contributed by atoms with E-state index in [1.807, 2.05) is 60.7 Å². The number of nitrogens with zero attached hydrogens (tertiary/aromatic N) is 2. The number of nitrogens with one attached hydrogen (secondary N) is 1. The molecule has 0 aliphatic heterocycles. The Morgan fingerprint density at radius 2 is 1.42 bits per heavy atom. The van der Waals surface area contributed by atoms with E-state index >= 15 is 0 Å². The van der Waals surface area contributed by atoms with Crippen molar-refractivity contribution >= 4 is 59.9 Å². The number of halogens is 3. The number of aromatic nitrogens is 1. The Balaban J connectivity index is 1.63. The van der Waals surface area contributed by atoms with Gasteiger partial charge in [0.15, 0.2) is 0 Å². The van der Waals surface area contributed by atoms with Crippen LogP contribution in [-0.4, -0.2) is 21.8 Å². The molecule has 0 aliphatic carbocycles. The molecule has 0 aliphatic rings. The van der Waals surface area contributed by atoms with Crippen LogP contribution in [0.15, 0.2) is 122 Å². The fraction of sp³-hybridized carbons (Fsp3) is 0. The second-order valence-electron chi connectivity index (χ2n) is 8.36. The fourth-order valence-electron chi connectivity index (χ4n) is 4.16. The minimum atomic E-state index is -0.530. The number of benzene rings is 4. The first-order chi connectivity index (χ1) is 18.4. The number of amides is 1. The van der Waals surface area contributed by atoms with Crippen molar-refractivity contribution in [1.82, 2.24) is 9.99 Å². The van der Waals surface area contributed by atoms with Gasteiger partial charge in [-0.2, -0.15) is 5.10 Å². The number of carbonyl (C=O) groups is 1. The standard InChI is InChI=1S/C30H20Br3N3O2/c31-22-11-13-24(14-12-22)36-27(19-7-3-1-4-8-19)15-21(28(36)20-9-5-2-6-10-20)18-34-35-30(38)25-16-23(32)17-26(33)29(25)37/h1-18,37H,(H,35,38)/b34-18-. The Morgan fingerprint density at radius 1 is 0.789 bits per heavy atom. The molecule has 5 rings (SSSR count). The van der Waals surface area contributed by atoms with Crippen molar-refractivity contribution in [2.24, 2.45) is 5.10 Å². The molecule has 0 unspecified atom stereocenters. The maximum Gasteiger partial charge on any atom is 0.275 e. The molecule has 0 fully saturated rings. The molecule has 4 aromatic carbocycles. The van der Waals surface area contributed by atoms with E-state index in [2.05, 4.69) is 93.2 Å². The molecule has 1 amide bonds. The molecule has 0 bridgehead atoms. The lowest BCUT2D eigenvalue weighted by molar-refractivity contribution is 0.0952. The molecule has 2 N–H and O–H groups in total.